The summed E-state index contributed by atoms with van der Waals surface area (Å²) in [4.78, 5) is 30.5. The topological polar surface area (TPSA) is 88.9 Å². The van der Waals surface area contributed by atoms with Crippen LogP contribution in [0.4, 0.5) is 10.1 Å². The van der Waals surface area contributed by atoms with Gasteiger partial charge in [-0.1, -0.05) is 11.6 Å². The zero-order valence-corrected chi connectivity index (χ0v) is 20.2. The van der Waals surface area contributed by atoms with Crippen LogP contribution in [0.1, 0.15) is 57.5 Å². The number of nitrogens with zero attached hydrogens (tertiary/aromatic N) is 3. The van der Waals surface area contributed by atoms with E-state index in [1.165, 1.54) is 29.7 Å². The van der Waals surface area contributed by atoms with Gasteiger partial charge in [-0.15, -0.1) is 0 Å². The summed E-state index contributed by atoms with van der Waals surface area (Å²) in [6.07, 6.45) is 7.45. The van der Waals surface area contributed by atoms with Crippen LogP contribution >= 0.6 is 23.1 Å². The van der Waals surface area contributed by atoms with E-state index in [0.29, 0.717) is 40.6 Å². The van der Waals surface area contributed by atoms with Crippen molar-refractivity contribution in [3.8, 4) is 0 Å². The molecule has 2 atom stereocenters. The molecule has 34 heavy (non-hydrogen) atoms. The van der Waals surface area contributed by atoms with Gasteiger partial charge in [0.05, 0.1) is 17.0 Å². The van der Waals surface area contributed by atoms with E-state index >= 15 is 0 Å². The number of aromatic nitrogens is 3. The van der Waals surface area contributed by atoms with E-state index in [4.69, 9.17) is 11.6 Å². The lowest BCUT2D eigenvalue weighted by Gasteiger charge is -2.16. The highest BCUT2D eigenvalue weighted by Crippen LogP contribution is 2.52. The highest BCUT2D eigenvalue weighted by atomic mass is 35.5. The van der Waals surface area contributed by atoms with Gasteiger partial charge in [-0.25, -0.2) is 13.7 Å². The number of halogens is 2. The average Bonchev–Trinajstić information content (AvgIpc) is 3.58. The van der Waals surface area contributed by atoms with Crippen molar-refractivity contribution in [1.82, 2.24) is 19.2 Å². The molecule has 178 valence electrons. The van der Waals surface area contributed by atoms with Crippen LogP contribution in [0.15, 0.2) is 36.8 Å². The number of benzene rings is 1. The van der Waals surface area contributed by atoms with Crippen LogP contribution in [-0.2, 0) is 7.05 Å². The Balaban J connectivity index is 1.20. The number of carbonyl (C=O) groups excluding carboxylic acids is 2. The van der Waals surface area contributed by atoms with Crippen molar-refractivity contribution >= 4 is 40.6 Å². The molecular formula is C24H25ClFN5O2S. The third kappa shape index (κ3) is 4.59. The molecule has 1 aromatic carbocycles. The van der Waals surface area contributed by atoms with E-state index in [1.54, 1.807) is 30.2 Å². The van der Waals surface area contributed by atoms with Crippen molar-refractivity contribution in [2.24, 2.45) is 24.8 Å². The number of hydrogen-bond acceptors (Lipinski definition) is 5. The first-order valence-electron chi connectivity index (χ1n) is 11.4. The molecule has 2 aliphatic carbocycles. The van der Waals surface area contributed by atoms with E-state index in [1.807, 2.05) is 0 Å². The van der Waals surface area contributed by atoms with E-state index in [0.717, 1.165) is 31.4 Å². The molecule has 2 N–H and O–H groups in total. The fraction of sp³-hybridized carbons (Fsp3) is 0.417. The smallest absolute Gasteiger partial charge is 0.274 e. The van der Waals surface area contributed by atoms with Gasteiger partial charge in [0.2, 0.25) is 0 Å². The predicted octanol–water partition coefficient (Wildman–Crippen LogP) is 4.87. The highest BCUT2D eigenvalue weighted by Gasteiger charge is 2.43. The van der Waals surface area contributed by atoms with Crippen molar-refractivity contribution < 1.29 is 14.0 Å². The van der Waals surface area contributed by atoms with Crippen LogP contribution in [0, 0.1) is 23.6 Å². The van der Waals surface area contributed by atoms with Gasteiger partial charge >= 0.3 is 0 Å². The number of nitrogens with one attached hydrogen (secondary N) is 2. The van der Waals surface area contributed by atoms with Gasteiger partial charge in [0, 0.05) is 31.4 Å². The van der Waals surface area contributed by atoms with Crippen molar-refractivity contribution in [3.05, 3.63) is 63.9 Å². The molecular weight excluding hydrogens is 477 g/mol. The summed E-state index contributed by atoms with van der Waals surface area (Å²) in [5.74, 6) is 0.986. The molecule has 5 rings (SSSR count). The molecule has 2 heterocycles. The van der Waals surface area contributed by atoms with Crippen LogP contribution in [0.2, 0.25) is 5.02 Å². The van der Waals surface area contributed by atoms with E-state index < -0.39 is 5.82 Å². The second-order valence-electron chi connectivity index (χ2n) is 9.28. The van der Waals surface area contributed by atoms with Crippen molar-refractivity contribution in [1.29, 1.82) is 0 Å². The minimum atomic E-state index is -0.528. The molecule has 0 aliphatic heterocycles. The van der Waals surface area contributed by atoms with Crippen LogP contribution in [-0.4, -0.2) is 32.3 Å². The first kappa shape index (κ1) is 23.0. The molecule has 2 amide bonds. The summed E-state index contributed by atoms with van der Waals surface area (Å²) in [6.45, 7) is 0.686. The lowest BCUT2D eigenvalue weighted by Crippen LogP contribution is -2.28. The molecule has 10 heteroatoms. The fourth-order valence-corrected chi connectivity index (χ4v) is 6.27. The predicted molar refractivity (Wildman–Crippen MR) is 129 cm³/mol. The number of fused-ring (bicyclic) bond motifs is 1. The zero-order chi connectivity index (χ0) is 23.8. The quantitative estimate of drug-likeness (QED) is 0.504. The Bertz CT molecular complexity index is 1200. The Morgan fingerprint density at radius 3 is 2.62 bits per heavy atom. The van der Waals surface area contributed by atoms with E-state index in [9.17, 15) is 14.0 Å². The van der Waals surface area contributed by atoms with E-state index in [2.05, 4.69) is 20.0 Å². The number of carbonyl (C=O) groups is 2. The maximum atomic E-state index is 13.5. The molecule has 0 bridgehead atoms. The zero-order valence-electron chi connectivity index (χ0n) is 18.6. The Labute approximate surface area is 205 Å². The monoisotopic (exact) mass is 501 g/mol. The first-order chi connectivity index (χ1) is 16.4. The third-order valence-electron chi connectivity index (χ3n) is 7.07. The average molecular weight is 502 g/mol. The minimum absolute atomic E-state index is 0.0375. The van der Waals surface area contributed by atoms with Gasteiger partial charge in [0.1, 0.15) is 16.4 Å². The number of imidazole rings is 1. The number of anilines is 1. The van der Waals surface area contributed by atoms with Crippen LogP contribution in [0.3, 0.4) is 0 Å². The van der Waals surface area contributed by atoms with Gasteiger partial charge in [-0.05, 0) is 79.2 Å². The number of rotatable bonds is 6. The molecule has 2 saturated carbocycles. The lowest BCUT2D eigenvalue weighted by atomic mass is 9.94. The number of amides is 2. The molecule has 2 fully saturated rings. The van der Waals surface area contributed by atoms with Crippen molar-refractivity contribution in [2.75, 3.05) is 11.9 Å². The van der Waals surface area contributed by atoms with Gasteiger partial charge < -0.3 is 15.2 Å². The maximum absolute atomic E-state index is 13.5. The largest absolute Gasteiger partial charge is 0.351 e. The van der Waals surface area contributed by atoms with Crippen molar-refractivity contribution in [2.45, 2.75) is 31.6 Å². The summed E-state index contributed by atoms with van der Waals surface area (Å²) < 4.78 is 19.2. The Hall–Kier alpha value is -2.78. The van der Waals surface area contributed by atoms with Gasteiger partial charge in [0.15, 0.2) is 0 Å². The second-order valence-corrected chi connectivity index (χ2v) is 10.5. The van der Waals surface area contributed by atoms with Gasteiger partial charge in [-0.3, -0.25) is 9.59 Å². The fourth-order valence-electron chi connectivity index (χ4n) is 5.58. The standard InChI is InChI=1S/C24H25ClFN5O2S/c1-31-12-28-21(22(31)24(33)30-17-2-3-19(26)18(25)10-17)16-8-14-6-13(7-15(14)9-16)11-27-23(32)20-4-5-29-34-20/h2-5,10,12-16H,6-9,11H2,1H3,(H,27,32)(H,30,33). The van der Waals surface area contributed by atoms with Gasteiger partial charge in [0.25, 0.3) is 11.8 Å². The van der Waals surface area contributed by atoms with Crippen molar-refractivity contribution in [3.63, 3.8) is 0 Å². The lowest BCUT2D eigenvalue weighted by molar-refractivity contribution is 0.0950. The molecule has 2 aromatic heterocycles. The summed E-state index contributed by atoms with van der Waals surface area (Å²) >= 11 is 7.06. The van der Waals surface area contributed by atoms with Crippen LogP contribution < -0.4 is 10.6 Å². The molecule has 7 nitrogen and oxygen atoms in total. The normalized spacial score (nSPS) is 23.6. The summed E-state index contributed by atoms with van der Waals surface area (Å²) in [6, 6.07) is 5.86. The SMILES string of the molecule is Cn1cnc(C2CC3CC(CNC(=O)c4ccns4)CC3C2)c1C(=O)Nc1ccc(F)c(Cl)c1. The molecule has 3 aromatic rings. The summed E-state index contributed by atoms with van der Waals surface area (Å²) in [7, 11) is 1.81. The molecule has 0 spiro atoms. The number of aryl methyl sites for hydroxylation is 1. The molecule has 0 radical (unpaired) electrons. The third-order valence-corrected chi connectivity index (χ3v) is 8.11. The Kier molecular flexibility index (Phi) is 6.40. The molecule has 0 saturated heterocycles. The first-order valence-corrected chi connectivity index (χ1v) is 12.5. The van der Waals surface area contributed by atoms with E-state index in [-0.39, 0.29) is 22.8 Å². The molecule has 2 unspecified atom stereocenters. The maximum Gasteiger partial charge on any atom is 0.274 e. The highest BCUT2D eigenvalue weighted by molar-refractivity contribution is 7.08. The molecule has 2 aliphatic rings. The summed E-state index contributed by atoms with van der Waals surface area (Å²) in [5.41, 5.74) is 1.78. The Morgan fingerprint density at radius 2 is 1.94 bits per heavy atom. The minimum Gasteiger partial charge on any atom is -0.351 e. The van der Waals surface area contributed by atoms with Crippen LogP contribution in [0.5, 0.6) is 0 Å². The summed E-state index contributed by atoms with van der Waals surface area (Å²) in [5, 5.41) is 5.83. The van der Waals surface area contributed by atoms with Crippen LogP contribution in [0.25, 0.3) is 0 Å². The second kappa shape index (κ2) is 9.46. The van der Waals surface area contributed by atoms with Gasteiger partial charge in [-0.2, -0.15) is 0 Å². The Morgan fingerprint density at radius 1 is 1.18 bits per heavy atom. The number of hydrogen-bond donors (Lipinski definition) is 2.